The summed E-state index contributed by atoms with van der Waals surface area (Å²) in [4.78, 5) is 4.53. The van der Waals surface area contributed by atoms with Crippen LogP contribution >= 0.6 is 0 Å². The van der Waals surface area contributed by atoms with Gasteiger partial charge in [-0.15, -0.1) is 0 Å². The minimum absolute atomic E-state index is 0.559. The first-order chi connectivity index (χ1) is 19.8. The second-order valence-electron chi connectivity index (χ2n) is 9.58. The Balaban J connectivity index is 1.20. The van der Waals surface area contributed by atoms with Crippen molar-refractivity contribution >= 4 is 30.1 Å². The average Bonchev–Trinajstić information content (AvgIpc) is 3.70. The van der Waals surface area contributed by atoms with E-state index in [1.165, 1.54) is 0 Å². The maximum absolute atomic E-state index is 5.76. The van der Waals surface area contributed by atoms with Crippen LogP contribution in [0.1, 0.15) is 28.1 Å². The highest BCUT2D eigenvalue weighted by Crippen LogP contribution is 2.32. The van der Waals surface area contributed by atoms with Crippen molar-refractivity contribution in [3.8, 4) is 28.7 Å². The highest BCUT2D eigenvalue weighted by molar-refractivity contribution is 5.99. The van der Waals surface area contributed by atoms with Crippen molar-refractivity contribution in [2.45, 2.75) is 0 Å². The number of rotatable bonds is 6. The van der Waals surface area contributed by atoms with Crippen LogP contribution in [-0.2, 0) is 0 Å². The maximum Gasteiger partial charge on any atom is 0.161 e. The Hall–Kier alpha value is -4.98. The van der Waals surface area contributed by atoms with Crippen molar-refractivity contribution in [2.75, 3.05) is 39.5 Å². The number of ether oxygens (including phenoxy) is 4. The zero-order valence-corrected chi connectivity index (χ0v) is 21.9. The summed E-state index contributed by atoms with van der Waals surface area (Å²) in [5, 5.41) is 8.26. The van der Waals surface area contributed by atoms with E-state index in [0.29, 0.717) is 26.4 Å². The molecule has 0 fully saturated rings. The molecule has 0 saturated heterocycles. The maximum atomic E-state index is 5.76. The van der Waals surface area contributed by atoms with E-state index in [0.717, 1.165) is 75.7 Å². The summed E-state index contributed by atoms with van der Waals surface area (Å²) in [6, 6.07) is 22.3. The van der Waals surface area contributed by atoms with Crippen LogP contribution in [0, 0.1) is 0 Å². The molecule has 0 bridgehead atoms. The molecule has 1 aromatic heterocycles. The molecule has 40 heavy (non-hydrogen) atoms. The van der Waals surface area contributed by atoms with Crippen LogP contribution in [0.4, 0.5) is 0 Å². The third-order valence-electron chi connectivity index (χ3n) is 6.84. The van der Waals surface area contributed by atoms with E-state index < -0.39 is 0 Å². The Morgan fingerprint density at radius 3 is 1.90 bits per heavy atom. The van der Waals surface area contributed by atoms with Crippen molar-refractivity contribution in [1.82, 2.24) is 15.1 Å². The first-order valence-corrected chi connectivity index (χ1v) is 13.4. The molecule has 4 heterocycles. The van der Waals surface area contributed by atoms with Crippen molar-refractivity contribution in [3.05, 3.63) is 94.8 Å². The molecule has 1 N–H and O–H groups in total. The van der Waals surface area contributed by atoms with Crippen molar-refractivity contribution in [3.63, 3.8) is 0 Å². The van der Waals surface area contributed by atoms with Crippen LogP contribution in [0.2, 0.25) is 0 Å². The van der Waals surface area contributed by atoms with Gasteiger partial charge < -0.3 is 24.3 Å². The van der Waals surface area contributed by atoms with Crippen molar-refractivity contribution in [1.29, 1.82) is 0 Å². The number of aliphatic imine (C=N–C) groups is 1. The van der Waals surface area contributed by atoms with E-state index >= 15 is 0 Å². The smallest absolute Gasteiger partial charge is 0.161 e. The standard InChI is InChI=1S/C32H28N4O4/c1(22-3-11-28-30(19-22)39-17-15-37-28)7-25-21-27(8-2-23-4-12-29-31(20-23)40-18-16-38-29)36(35-25)26-9-5-24(6-10-26)32-33-13-14-34-32/h1-12,19-21H,13-18H2,(H,33,34)/b7-1+,8-2+. The van der Waals surface area contributed by atoms with E-state index in [1.54, 1.807) is 0 Å². The second-order valence-corrected chi connectivity index (χ2v) is 9.58. The molecule has 200 valence electrons. The van der Waals surface area contributed by atoms with E-state index in [4.69, 9.17) is 24.0 Å². The van der Waals surface area contributed by atoms with Gasteiger partial charge in [-0.3, -0.25) is 4.99 Å². The molecule has 3 aliphatic heterocycles. The third-order valence-corrected chi connectivity index (χ3v) is 6.84. The van der Waals surface area contributed by atoms with Crippen LogP contribution in [0.5, 0.6) is 23.0 Å². The van der Waals surface area contributed by atoms with Gasteiger partial charge in [-0.05, 0) is 77.9 Å². The summed E-state index contributed by atoms with van der Waals surface area (Å²) in [6.07, 6.45) is 8.17. The largest absolute Gasteiger partial charge is 0.486 e. The molecule has 0 atom stereocenters. The fourth-order valence-electron chi connectivity index (χ4n) is 4.86. The summed E-state index contributed by atoms with van der Waals surface area (Å²) in [7, 11) is 0. The quantitative estimate of drug-likeness (QED) is 0.372. The number of hydrogen-bond acceptors (Lipinski definition) is 7. The first kappa shape index (κ1) is 24.1. The van der Waals surface area contributed by atoms with Gasteiger partial charge in [0, 0.05) is 12.1 Å². The molecule has 3 aromatic carbocycles. The molecule has 7 rings (SSSR count). The van der Waals surface area contributed by atoms with E-state index in [-0.39, 0.29) is 0 Å². The van der Waals surface area contributed by atoms with Crippen LogP contribution in [-0.4, -0.2) is 55.1 Å². The molecular weight excluding hydrogens is 504 g/mol. The summed E-state index contributed by atoms with van der Waals surface area (Å²) < 4.78 is 24.8. The van der Waals surface area contributed by atoms with Crippen LogP contribution in [0.25, 0.3) is 30.0 Å². The molecular formula is C32H28N4O4. The number of aromatic nitrogens is 2. The van der Waals surface area contributed by atoms with Gasteiger partial charge in [-0.1, -0.05) is 24.3 Å². The monoisotopic (exact) mass is 532 g/mol. The number of fused-ring (bicyclic) bond motifs is 2. The second kappa shape index (κ2) is 10.6. The van der Waals surface area contributed by atoms with Gasteiger partial charge in [0.2, 0.25) is 0 Å². The predicted octanol–water partition coefficient (Wildman–Crippen LogP) is 5.11. The van der Waals surface area contributed by atoms with Gasteiger partial charge in [0.25, 0.3) is 0 Å². The fourth-order valence-corrected chi connectivity index (χ4v) is 4.86. The first-order valence-electron chi connectivity index (χ1n) is 13.4. The molecule has 0 unspecified atom stereocenters. The molecule has 8 nitrogen and oxygen atoms in total. The molecule has 0 amide bonds. The third kappa shape index (κ3) is 5.03. The lowest BCUT2D eigenvalue weighted by molar-refractivity contribution is 0.171. The van der Waals surface area contributed by atoms with Crippen molar-refractivity contribution < 1.29 is 18.9 Å². The van der Waals surface area contributed by atoms with E-state index in [9.17, 15) is 0 Å². The van der Waals surface area contributed by atoms with E-state index in [1.807, 2.05) is 53.2 Å². The van der Waals surface area contributed by atoms with Gasteiger partial charge in [-0.2, -0.15) is 5.10 Å². The normalized spacial score (nSPS) is 15.8. The molecule has 0 spiro atoms. The molecule has 0 radical (unpaired) electrons. The topological polar surface area (TPSA) is 79.1 Å². The van der Waals surface area contributed by atoms with E-state index in [2.05, 4.69) is 52.8 Å². The Kier molecular flexibility index (Phi) is 6.41. The number of hydrogen-bond donors (Lipinski definition) is 1. The zero-order chi connectivity index (χ0) is 26.7. The Morgan fingerprint density at radius 1 is 0.650 bits per heavy atom. The number of nitrogens with one attached hydrogen (secondary N) is 1. The molecule has 8 heteroatoms. The lowest BCUT2D eigenvalue weighted by Gasteiger charge is -2.18. The minimum Gasteiger partial charge on any atom is -0.486 e. The molecule has 0 saturated carbocycles. The number of benzene rings is 3. The van der Waals surface area contributed by atoms with Gasteiger partial charge in [0.05, 0.1) is 23.6 Å². The van der Waals surface area contributed by atoms with Crippen LogP contribution < -0.4 is 24.3 Å². The summed E-state index contributed by atoms with van der Waals surface area (Å²) in [6.45, 7) is 3.96. The lowest BCUT2D eigenvalue weighted by atomic mass is 10.1. The van der Waals surface area contributed by atoms with Gasteiger partial charge >= 0.3 is 0 Å². The fraction of sp³-hybridized carbons (Fsp3) is 0.188. The van der Waals surface area contributed by atoms with Crippen molar-refractivity contribution in [2.24, 2.45) is 4.99 Å². The highest BCUT2D eigenvalue weighted by Gasteiger charge is 2.14. The Morgan fingerprint density at radius 2 is 1.27 bits per heavy atom. The zero-order valence-electron chi connectivity index (χ0n) is 21.9. The van der Waals surface area contributed by atoms with Gasteiger partial charge in [-0.25, -0.2) is 4.68 Å². The summed E-state index contributed by atoms with van der Waals surface area (Å²) in [5.41, 5.74) is 5.85. The SMILES string of the molecule is C(=C\c1cc(/C=C/c2ccc3c(c2)OCCO3)n(-c2ccc(C3=NCCN3)cc2)n1)/c1ccc2c(c1)OCCO2. The summed E-state index contributed by atoms with van der Waals surface area (Å²) >= 11 is 0. The molecule has 3 aliphatic rings. The van der Waals surface area contributed by atoms with Crippen LogP contribution in [0.3, 0.4) is 0 Å². The van der Waals surface area contributed by atoms with Crippen LogP contribution in [0.15, 0.2) is 71.7 Å². The number of amidine groups is 1. The summed E-state index contributed by atoms with van der Waals surface area (Å²) in [5.74, 6) is 4.03. The average molecular weight is 533 g/mol. The Bertz CT molecular complexity index is 1640. The molecule has 4 aromatic rings. The van der Waals surface area contributed by atoms with Gasteiger partial charge in [0.15, 0.2) is 23.0 Å². The highest BCUT2D eigenvalue weighted by atomic mass is 16.6. The molecule has 0 aliphatic carbocycles. The lowest BCUT2D eigenvalue weighted by Crippen LogP contribution is -2.19. The predicted molar refractivity (Wildman–Crippen MR) is 156 cm³/mol. The minimum atomic E-state index is 0.559. The number of nitrogens with zero attached hydrogens (tertiary/aromatic N) is 3. The van der Waals surface area contributed by atoms with Gasteiger partial charge in [0.1, 0.15) is 32.3 Å². The Labute approximate surface area is 232 Å².